The highest BCUT2D eigenvalue weighted by Crippen LogP contribution is 2.51. The summed E-state index contributed by atoms with van der Waals surface area (Å²) in [5.74, 6) is -0.201. The molecule has 0 spiro atoms. The van der Waals surface area contributed by atoms with E-state index in [1.165, 1.54) is 0 Å². The van der Waals surface area contributed by atoms with Gasteiger partial charge >= 0.3 is 0 Å². The van der Waals surface area contributed by atoms with E-state index in [9.17, 15) is 9.59 Å². The predicted molar refractivity (Wildman–Crippen MR) is 120 cm³/mol. The number of rotatable bonds is 10. The average molecular weight is 455 g/mol. The summed E-state index contributed by atoms with van der Waals surface area (Å²) in [5.41, 5.74) is 1.84. The van der Waals surface area contributed by atoms with Crippen molar-refractivity contribution >= 4 is 23.3 Å². The molecule has 1 fully saturated rings. The summed E-state index contributed by atoms with van der Waals surface area (Å²) in [6, 6.07) is 11.1. The number of carbonyl (C=O) groups is 2. The second-order valence-electron chi connectivity index (χ2n) is 8.83. The Balaban J connectivity index is 1.55. The van der Waals surface area contributed by atoms with Gasteiger partial charge in [0.15, 0.2) is 5.78 Å². The zero-order valence-electron chi connectivity index (χ0n) is 18.2. The molecule has 8 heteroatoms. The van der Waals surface area contributed by atoms with Crippen LogP contribution in [0.3, 0.4) is 0 Å². The molecule has 7 nitrogen and oxygen atoms in total. The van der Waals surface area contributed by atoms with E-state index in [2.05, 4.69) is 6.07 Å². The first-order valence-corrected chi connectivity index (χ1v) is 11.4. The Morgan fingerprint density at radius 3 is 2.75 bits per heavy atom. The van der Waals surface area contributed by atoms with E-state index < -0.39 is 0 Å². The smallest absolute Gasteiger partial charge is 0.272 e. The Morgan fingerprint density at radius 2 is 2.09 bits per heavy atom. The molecule has 1 amide bonds. The van der Waals surface area contributed by atoms with Crippen LogP contribution in [0.4, 0.5) is 0 Å². The van der Waals surface area contributed by atoms with Crippen LogP contribution < -0.4 is 0 Å². The molecular formula is C24H27ClN4O3. The highest BCUT2D eigenvalue weighted by molar-refractivity contribution is 6.30. The van der Waals surface area contributed by atoms with Crippen LogP contribution >= 0.6 is 11.6 Å². The molecule has 2 aliphatic rings. The number of fused-ring (bicyclic) bond motifs is 1. The molecule has 0 radical (unpaired) electrons. The molecule has 2 heterocycles. The van der Waals surface area contributed by atoms with Crippen molar-refractivity contribution in [2.75, 3.05) is 26.3 Å². The van der Waals surface area contributed by atoms with Gasteiger partial charge in [-0.3, -0.25) is 14.3 Å². The Labute approximate surface area is 192 Å². The van der Waals surface area contributed by atoms with Gasteiger partial charge in [-0.1, -0.05) is 30.7 Å². The third kappa shape index (κ3) is 4.87. The second-order valence-corrected chi connectivity index (χ2v) is 9.27. The van der Waals surface area contributed by atoms with Gasteiger partial charge < -0.3 is 9.64 Å². The summed E-state index contributed by atoms with van der Waals surface area (Å²) in [7, 11) is 0. The Morgan fingerprint density at radius 1 is 1.34 bits per heavy atom. The summed E-state index contributed by atoms with van der Waals surface area (Å²) < 4.78 is 7.52. The van der Waals surface area contributed by atoms with E-state index in [0.717, 1.165) is 24.8 Å². The number of halogens is 1. The van der Waals surface area contributed by atoms with Crippen LogP contribution in [0.2, 0.25) is 5.02 Å². The van der Waals surface area contributed by atoms with Crippen molar-refractivity contribution in [2.45, 2.75) is 45.1 Å². The van der Waals surface area contributed by atoms with Gasteiger partial charge in [0.05, 0.1) is 31.0 Å². The molecule has 1 unspecified atom stereocenters. The summed E-state index contributed by atoms with van der Waals surface area (Å²) in [6.45, 7) is 3.51. The maximum Gasteiger partial charge on any atom is 0.272 e. The van der Waals surface area contributed by atoms with Gasteiger partial charge in [-0.15, -0.1) is 0 Å². The zero-order valence-corrected chi connectivity index (χ0v) is 19.0. The summed E-state index contributed by atoms with van der Waals surface area (Å²) >= 11 is 6.00. The fraction of sp³-hybridized carbons (Fsp3) is 0.500. The molecule has 4 rings (SSSR count). The van der Waals surface area contributed by atoms with E-state index in [-0.39, 0.29) is 29.7 Å². The van der Waals surface area contributed by atoms with Crippen LogP contribution in [-0.4, -0.2) is 52.7 Å². The number of hydrogen-bond donors (Lipinski definition) is 0. The first-order valence-electron chi connectivity index (χ1n) is 11.1. The number of benzene rings is 1. The zero-order chi connectivity index (χ0) is 22.7. The van der Waals surface area contributed by atoms with Gasteiger partial charge in [-0.2, -0.15) is 10.4 Å². The summed E-state index contributed by atoms with van der Waals surface area (Å²) in [6.07, 6.45) is 3.47. The summed E-state index contributed by atoms with van der Waals surface area (Å²) in [4.78, 5) is 27.6. The molecule has 0 saturated heterocycles. The number of aromatic nitrogens is 2. The van der Waals surface area contributed by atoms with Crippen molar-refractivity contribution in [3.8, 4) is 17.3 Å². The van der Waals surface area contributed by atoms with Crippen LogP contribution in [0.25, 0.3) is 11.3 Å². The lowest BCUT2D eigenvalue weighted by atomic mass is 9.96. The van der Waals surface area contributed by atoms with E-state index in [1.54, 1.807) is 27.8 Å². The standard InChI is InChI=1S/C24H27ClN4O3/c1-2-11-32-16-19-14-28(15-20(30)13-24(7-8-24)9-10-26)23(31)22-12-21(27-29(19)22)17-3-5-18(25)6-4-17/h3-6,12,19H,2,7-9,11,13-16H2,1H3. The third-order valence-electron chi connectivity index (χ3n) is 6.17. The van der Waals surface area contributed by atoms with Gasteiger partial charge in [0.1, 0.15) is 5.69 Å². The van der Waals surface area contributed by atoms with E-state index in [4.69, 9.17) is 26.7 Å². The van der Waals surface area contributed by atoms with E-state index in [1.807, 2.05) is 19.1 Å². The first kappa shape index (κ1) is 22.5. The largest absolute Gasteiger partial charge is 0.379 e. The first-order chi connectivity index (χ1) is 15.4. The van der Waals surface area contributed by atoms with Crippen LogP contribution in [-0.2, 0) is 9.53 Å². The molecule has 1 aromatic carbocycles. The lowest BCUT2D eigenvalue weighted by molar-refractivity contribution is -0.121. The SMILES string of the molecule is CCCOCC1CN(CC(=O)CC2(CC#N)CC2)C(=O)c2cc(-c3ccc(Cl)cc3)nn21. The van der Waals surface area contributed by atoms with Gasteiger partial charge in [0, 0.05) is 36.6 Å². The molecule has 0 N–H and O–H groups in total. The lowest BCUT2D eigenvalue weighted by Gasteiger charge is -2.33. The van der Waals surface area contributed by atoms with Crippen molar-refractivity contribution in [1.29, 1.82) is 5.26 Å². The van der Waals surface area contributed by atoms with E-state index >= 15 is 0 Å². The fourth-order valence-corrected chi connectivity index (χ4v) is 4.37. The van der Waals surface area contributed by atoms with Crippen LogP contribution in [0.5, 0.6) is 0 Å². The number of nitrogens with zero attached hydrogens (tertiary/aromatic N) is 4. The molecule has 0 bridgehead atoms. The number of Topliss-reactive ketones (excluding diaryl/α,β-unsaturated/α-hetero) is 1. The Kier molecular flexibility index (Phi) is 6.63. The van der Waals surface area contributed by atoms with Crippen LogP contribution in [0, 0.1) is 16.7 Å². The highest BCUT2D eigenvalue weighted by Gasteiger charge is 2.44. The minimum atomic E-state index is -0.206. The number of carbonyl (C=O) groups excluding carboxylic acids is 2. The minimum absolute atomic E-state index is 0.00483. The second kappa shape index (κ2) is 9.43. The maximum absolute atomic E-state index is 13.2. The Bertz CT molecular complexity index is 1040. The third-order valence-corrected chi connectivity index (χ3v) is 6.42. The molecule has 1 aliphatic carbocycles. The normalized spacial score (nSPS) is 18.8. The lowest BCUT2D eigenvalue weighted by Crippen LogP contribution is -2.47. The van der Waals surface area contributed by atoms with Crippen molar-refractivity contribution in [1.82, 2.24) is 14.7 Å². The number of nitriles is 1. The molecule has 1 atom stereocenters. The maximum atomic E-state index is 13.2. The van der Waals surface area contributed by atoms with Gasteiger partial charge in [-0.25, -0.2) is 0 Å². The number of hydrogen-bond acceptors (Lipinski definition) is 5. The molecule has 1 saturated carbocycles. The highest BCUT2D eigenvalue weighted by atomic mass is 35.5. The molecule has 2 aromatic rings. The monoisotopic (exact) mass is 454 g/mol. The predicted octanol–water partition coefficient (Wildman–Crippen LogP) is 4.28. The van der Waals surface area contributed by atoms with E-state index in [0.29, 0.717) is 49.0 Å². The number of amides is 1. The molecular weight excluding hydrogens is 428 g/mol. The van der Waals surface area contributed by atoms with Crippen molar-refractivity contribution in [3.05, 3.63) is 41.0 Å². The average Bonchev–Trinajstić information content (AvgIpc) is 3.36. The number of ether oxygens (including phenoxy) is 1. The topological polar surface area (TPSA) is 88.2 Å². The van der Waals surface area contributed by atoms with Crippen LogP contribution in [0.1, 0.15) is 55.6 Å². The molecule has 1 aromatic heterocycles. The molecule has 1 aliphatic heterocycles. The van der Waals surface area contributed by atoms with Crippen molar-refractivity contribution in [3.63, 3.8) is 0 Å². The van der Waals surface area contributed by atoms with Crippen LogP contribution in [0.15, 0.2) is 30.3 Å². The van der Waals surface area contributed by atoms with Gasteiger partial charge in [0.2, 0.25) is 0 Å². The number of ketones is 1. The molecule has 32 heavy (non-hydrogen) atoms. The minimum Gasteiger partial charge on any atom is -0.379 e. The Hall–Kier alpha value is -2.69. The van der Waals surface area contributed by atoms with Gasteiger partial charge in [0.25, 0.3) is 5.91 Å². The van der Waals surface area contributed by atoms with Crippen molar-refractivity contribution in [2.24, 2.45) is 5.41 Å². The van der Waals surface area contributed by atoms with Gasteiger partial charge in [-0.05, 0) is 42.9 Å². The van der Waals surface area contributed by atoms with Crippen molar-refractivity contribution < 1.29 is 14.3 Å². The fourth-order valence-electron chi connectivity index (χ4n) is 4.24. The summed E-state index contributed by atoms with van der Waals surface area (Å²) in [5, 5.41) is 14.3. The molecule has 168 valence electrons. The quantitative estimate of drug-likeness (QED) is 0.500.